The summed E-state index contributed by atoms with van der Waals surface area (Å²) in [6.45, 7) is 5.29. The van der Waals surface area contributed by atoms with E-state index in [1.54, 1.807) is 0 Å². The lowest BCUT2D eigenvalue weighted by atomic mass is 9.86. The van der Waals surface area contributed by atoms with Gasteiger partial charge in [-0.25, -0.2) is 0 Å². The Bertz CT molecular complexity index is 221. The van der Waals surface area contributed by atoms with Gasteiger partial charge in [-0.2, -0.15) is 0 Å². The molecule has 0 aromatic carbocycles. The summed E-state index contributed by atoms with van der Waals surface area (Å²) in [7, 11) is 0. The van der Waals surface area contributed by atoms with Gasteiger partial charge in [-0.05, 0) is 31.7 Å². The first-order chi connectivity index (χ1) is 7.25. The standard InChI is InChI=1S/C13H23NO/c1-11-7-8-14(9-11)10-13(15)12-5-3-2-4-6-12/h11-12H,2-10H2,1H3. The van der Waals surface area contributed by atoms with Crippen LogP contribution in [0.15, 0.2) is 0 Å². The average molecular weight is 209 g/mol. The first-order valence-corrected chi connectivity index (χ1v) is 6.51. The molecule has 1 heterocycles. The fourth-order valence-electron chi connectivity index (χ4n) is 2.94. The summed E-state index contributed by atoms with van der Waals surface area (Å²) in [6.07, 6.45) is 7.46. The van der Waals surface area contributed by atoms with Crippen LogP contribution in [-0.2, 0) is 4.79 Å². The van der Waals surface area contributed by atoms with Crippen molar-refractivity contribution in [2.45, 2.75) is 45.4 Å². The fraction of sp³-hybridized carbons (Fsp3) is 0.923. The third kappa shape index (κ3) is 3.04. The van der Waals surface area contributed by atoms with E-state index in [-0.39, 0.29) is 0 Å². The van der Waals surface area contributed by atoms with E-state index in [1.807, 2.05) is 0 Å². The summed E-state index contributed by atoms with van der Waals surface area (Å²) in [5.74, 6) is 1.71. The summed E-state index contributed by atoms with van der Waals surface area (Å²) in [5, 5.41) is 0. The minimum Gasteiger partial charge on any atom is -0.298 e. The molecule has 0 N–H and O–H groups in total. The van der Waals surface area contributed by atoms with E-state index >= 15 is 0 Å². The van der Waals surface area contributed by atoms with Gasteiger partial charge >= 0.3 is 0 Å². The molecular weight excluding hydrogens is 186 g/mol. The van der Waals surface area contributed by atoms with Crippen molar-refractivity contribution >= 4 is 5.78 Å². The zero-order valence-electron chi connectivity index (χ0n) is 9.87. The van der Waals surface area contributed by atoms with Crippen molar-refractivity contribution in [3.05, 3.63) is 0 Å². The maximum atomic E-state index is 12.0. The Morgan fingerprint density at radius 2 is 1.93 bits per heavy atom. The molecule has 2 rings (SSSR count). The molecule has 1 aliphatic carbocycles. The van der Waals surface area contributed by atoms with Crippen molar-refractivity contribution in [3.8, 4) is 0 Å². The van der Waals surface area contributed by atoms with E-state index in [1.165, 1.54) is 25.7 Å². The molecule has 1 atom stereocenters. The first-order valence-electron chi connectivity index (χ1n) is 6.51. The molecule has 0 aromatic rings. The van der Waals surface area contributed by atoms with Gasteiger partial charge in [0.05, 0.1) is 6.54 Å². The van der Waals surface area contributed by atoms with Crippen molar-refractivity contribution < 1.29 is 4.79 Å². The van der Waals surface area contributed by atoms with Gasteiger partial charge in [-0.1, -0.05) is 26.2 Å². The van der Waals surface area contributed by atoms with Crippen LogP contribution in [0, 0.1) is 11.8 Å². The van der Waals surface area contributed by atoms with Crippen LogP contribution in [0.2, 0.25) is 0 Å². The van der Waals surface area contributed by atoms with Crippen molar-refractivity contribution in [1.29, 1.82) is 0 Å². The molecule has 0 spiro atoms. The Balaban J connectivity index is 1.76. The molecule has 2 nitrogen and oxygen atoms in total. The first kappa shape index (κ1) is 11.1. The Morgan fingerprint density at radius 1 is 1.20 bits per heavy atom. The lowest BCUT2D eigenvalue weighted by Crippen LogP contribution is -2.32. The highest BCUT2D eigenvalue weighted by Crippen LogP contribution is 2.25. The number of likely N-dealkylation sites (tertiary alicyclic amines) is 1. The predicted octanol–water partition coefficient (Wildman–Crippen LogP) is 2.48. The molecule has 86 valence electrons. The maximum absolute atomic E-state index is 12.0. The lowest BCUT2D eigenvalue weighted by molar-refractivity contribution is -0.124. The molecule has 1 unspecified atom stereocenters. The maximum Gasteiger partial charge on any atom is 0.149 e. The van der Waals surface area contributed by atoms with E-state index in [4.69, 9.17) is 0 Å². The summed E-state index contributed by atoms with van der Waals surface area (Å²) < 4.78 is 0. The molecular formula is C13H23NO. The van der Waals surface area contributed by atoms with Crippen LogP contribution in [0.25, 0.3) is 0 Å². The highest BCUT2D eigenvalue weighted by atomic mass is 16.1. The van der Waals surface area contributed by atoms with Crippen LogP contribution < -0.4 is 0 Å². The molecule has 1 aliphatic heterocycles. The second-order valence-electron chi connectivity index (χ2n) is 5.43. The minimum atomic E-state index is 0.398. The summed E-state index contributed by atoms with van der Waals surface area (Å²) >= 11 is 0. The SMILES string of the molecule is CC1CCN(CC(=O)C2CCCCC2)C1. The van der Waals surface area contributed by atoms with Crippen molar-refractivity contribution in [1.82, 2.24) is 4.90 Å². The number of carbonyl (C=O) groups excluding carboxylic acids is 1. The van der Waals surface area contributed by atoms with Gasteiger partial charge in [0.15, 0.2) is 0 Å². The van der Waals surface area contributed by atoms with Crippen LogP contribution >= 0.6 is 0 Å². The number of ketones is 1. The van der Waals surface area contributed by atoms with Gasteiger partial charge in [0.25, 0.3) is 0 Å². The van der Waals surface area contributed by atoms with Crippen LogP contribution in [0.5, 0.6) is 0 Å². The molecule has 15 heavy (non-hydrogen) atoms. The van der Waals surface area contributed by atoms with Crippen LogP contribution in [0.1, 0.15) is 45.4 Å². The highest BCUT2D eigenvalue weighted by Gasteiger charge is 2.25. The molecule has 1 saturated heterocycles. The van der Waals surface area contributed by atoms with Gasteiger partial charge in [0.1, 0.15) is 5.78 Å². The number of rotatable bonds is 3. The van der Waals surface area contributed by atoms with Crippen molar-refractivity contribution in [2.24, 2.45) is 11.8 Å². The normalized spacial score (nSPS) is 29.5. The number of hydrogen-bond donors (Lipinski definition) is 0. The topological polar surface area (TPSA) is 20.3 Å². The molecule has 2 aliphatic rings. The Labute approximate surface area is 93.0 Å². The Hall–Kier alpha value is -0.370. The number of carbonyl (C=O) groups is 1. The number of nitrogens with zero attached hydrogens (tertiary/aromatic N) is 1. The highest BCUT2D eigenvalue weighted by molar-refractivity contribution is 5.83. The van der Waals surface area contributed by atoms with Gasteiger partial charge in [0.2, 0.25) is 0 Å². The molecule has 0 bridgehead atoms. The molecule has 1 saturated carbocycles. The smallest absolute Gasteiger partial charge is 0.149 e. The third-order valence-corrected chi connectivity index (χ3v) is 3.95. The van der Waals surface area contributed by atoms with E-state index in [9.17, 15) is 4.79 Å². The fourth-order valence-corrected chi connectivity index (χ4v) is 2.94. The van der Waals surface area contributed by atoms with E-state index < -0.39 is 0 Å². The lowest BCUT2D eigenvalue weighted by Gasteiger charge is -2.23. The monoisotopic (exact) mass is 209 g/mol. The zero-order chi connectivity index (χ0) is 10.7. The van der Waals surface area contributed by atoms with Crippen molar-refractivity contribution in [2.75, 3.05) is 19.6 Å². The minimum absolute atomic E-state index is 0.398. The summed E-state index contributed by atoms with van der Waals surface area (Å²) in [5.41, 5.74) is 0. The van der Waals surface area contributed by atoms with Crippen LogP contribution in [-0.4, -0.2) is 30.3 Å². The average Bonchev–Trinajstić information content (AvgIpc) is 2.65. The Morgan fingerprint density at radius 3 is 2.53 bits per heavy atom. The van der Waals surface area contributed by atoms with Crippen LogP contribution in [0.4, 0.5) is 0 Å². The van der Waals surface area contributed by atoms with Gasteiger partial charge in [-0.15, -0.1) is 0 Å². The van der Waals surface area contributed by atoms with E-state index in [0.717, 1.165) is 38.4 Å². The van der Waals surface area contributed by atoms with Crippen molar-refractivity contribution in [3.63, 3.8) is 0 Å². The largest absolute Gasteiger partial charge is 0.298 e. The van der Waals surface area contributed by atoms with E-state index in [0.29, 0.717) is 11.7 Å². The zero-order valence-corrected chi connectivity index (χ0v) is 9.87. The van der Waals surface area contributed by atoms with E-state index in [2.05, 4.69) is 11.8 Å². The van der Waals surface area contributed by atoms with Crippen LogP contribution in [0.3, 0.4) is 0 Å². The second-order valence-corrected chi connectivity index (χ2v) is 5.43. The van der Waals surface area contributed by atoms with Gasteiger partial charge < -0.3 is 0 Å². The predicted molar refractivity (Wildman–Crippen MR) is 61.8 cm³/mol. The van der Waals surface area contributed by atoms with Gasteiger partial charge in [-0.3, -0.25) is 9.69 Å². The molecule has 2 heteroatoms. The number of Topliss-reactive ketones (excluding diaryl/α,β-unsaturated/α-hetero) is 1. The number of hydrogen-bond acceptors (Lipinski definition) is 2. The molecule has 2 fully saturated rings. The Kier molecular flexibility index (Phi) is 3.79. The summed E-state index contributed by atoms with van der Waals surface area (Å²) in [6, 6.07) is 0. The molecule has 0 aromatic heterocycles. The quantitative estimate of drug-likeness (QED) is 0.711. The second kappa shape index (κ2) is 5.11. The third-order valence-electron chi connectivity index (χ3n) is 3.95. The van der Waals surface area contributed by atoms with Gasteiger partial charge in [0, 0.05) is 12.5 Å². The molecule has 0 radical (unpaired) electrons. The molecule has 0 amide bonds. The summed E-state index contributed by atoms with van der Waals surface area (Å²) in [4.78, 5) is 14.4.